The van der Waals surface area contributed by atoms with Crippen molar-refractivity contribution >= 4 is 51.8 Å². The number of hydrogen-bond acceptors (Lipinski definition) is 3. The lowest BCUT2D eigenvalue weighted by Crippen LogP contribution is -2.27. The van der Waals surface area contributed by atoms with Crippen LogP contribution in [0, 0.1) is 0 Å². The number of nitrogens with one attached hydrogen (secondary N) is 3. The summed E-state index contributed by atoms with van der Waals surface area (Å²) >= 11 is 7.65. The second-order valence-corrected chi connectivity index (χ2v) is 9.15. The molecule has 0 spiro atoms. The van der Waals surface area contributed by atoms with Crippen LogP contribution in [0.15, 0.2) is 48.7 Å². The summed E-state index contributed by atoms with van der Waals surface area (Å²) in [6, 6.07) is 13.7. The number of carbonyl (C=O) groups is 2. The highest BCUT2D eigenvalue weighted by molar-refractivity contribution is 8.00. The van der Waals surface area contributed by atoms with Crippen LogP contribution in [0.1, 0.15) is 24.0 Å². The Kier molecular flexibility index (Phi) is 6.65. The molecular weight excluding hydrogens is 418 g/mol. The van der Waals surface area contributed by atoms with Gasteiger partial charge in [-0.3, -0.25) is 9.59 Å². The molecule has 1 aromatic heterocycles. The number of benzene rings is 2. The molecule has 3 N–H and O–H groups in total. The maximum absolute atomic E-state index is 12.4. The van der Waals surface area contributed by atoms with Crippen molar-refractivity contribution in [3.8, 4) is 0 Å². The van der Waals surface area contributed by atoms with Gasteiger partial charge in [0.15, 0.2) is 0 Å². The van der Waals surface area contributed by atoms with Crippen LogP contribution in [-0.4, -0.2) is 34.3 Å². The van der Waals surface area contributed by atoms with Crippen molar-refractivity contribution in [2.75, 3.05) is 17.6 Å². The lowest BCUT2D eigenvalue weighted by atomic mass is 10.1. The molecule has 30 heavy (non-hydrogen) atoms. The molecule has 3 aromatic rings. The normalized spacial score (nSPS) is 16.0. The Labute approximate surface area is 185 Å². The van der Waals surface area contributed by atoms with Gasteiger partial charge in [-0.25, -0.2) is 0 Å². The fraction of sp³-hybridized carbons (Fsp3) is 0.304. The van der Waals surface area contributed by atoms with E-state index in [2.05, 4.69) is 21.7 Å². The van der Waals surface area contributed by atoms with Gasteiger partial charge in [0, 0.05) is 46.5 Å². The fourth-order valence-electron chi connectivity index (χ4n) is 3.73. The van der Waals surface area contributed by atoms with Crippen LogP contribution in [-0.2, 0) is 22.4 Å². The smallest absolute Gasteiger partial charge is 0.237 e. The molecule has 1 unspecified atom stereocenters. The van der Waals surface area contributed by atoms with Crippen LogP contribution in [0.4, 0.5) is 5.69 Å². The predicted molar refractivity (Wildman–Crippen MR) is 124 cm³/mol. The van der Waals surface area contributed by atoms with Crippen LogP contribution in [0.2, 0.25) is 5.02 Å². The first kappa shape index (κ1) is 20.8. The van der Waals surface area contributed by atoms with Crippen molar-refractivity contribution in [2.24, 2.45) is 0 Å². The van der Waals surface area contributed by atoms with E-state index in [1.54, 1.807) is 11.8 Å². The molecule has 0 bridgehead atoms. The van der Waals surface area contributed by atoms with Gasteiger partial charge < -0.3 is 15.6 Å². The van der Waals surface area contributed by atoms with E-state index < -0.39 is 0 Å². The minimum absolute atomic E-state index is 0.0117. The van der Waals surface area contributed by atoms with E-state index in [1.807, 2.05) is 42.6 Å². The second kappa shape index (κ2) is 9.58. The highest BCUT2D eigenvalue weighted by Gasteiger charge is 2.23. The number of para-hydroxylation sites is 1. The summed E-state index contributed by atoms with van der Waals surface area (Å²) in [4.78, 5) is 27.9. The Balaban J connectivity index is 1.20. The second-order valence-electron chi connectivity index (χ2n) is 7.40. The molecular formula is C23H24ClN3O2S. The number of aromatic amines is 1. The summed E-state index contributed by atoms with van der Waals surface area (Å²) in [6.07, 6.45) is 4.76. The van der Waals surface area contributed by atoms with E-state index in [4.69, 9.17) is 11.6 Å². The van der Waals surface area contributed by atoms with Crippen molar-refractivity contribution in [1.29, 1.82) is 0 Å². The predicted octanol–water partition coefficient (Wildman–Crippen LogP) is 4.56. The minimum Gasteiger partial charge on any atom is -0.361 e. The van der Waals surface area contributed by atoms with E-state index >= 15 is 0 Å². The largest absolute Gasteiger partial charge is 0.361 e. The first-order valence-corrected chi connectivity index (χ1v) is 11.6. The quantitative estimate of drug-likeness (QED) is 0.503. The highest BCUT2D eigenvalue weighted by Crippen LogP contribution is 2.27. The fourth-order valence-corrected chi connectivity index (χ4v) is 4.98. The Morgan fingerprint density at radius 2 is 2.10 bits per heavy atom. The van der Waals surface area contributed by atoms with E-state index in [0.717, 1.165) is 41.4 Å². The number of H-pyrrole nitrogens is 1. The molecule has 5 nitrogen and oxygen atoms in total. The molecule has 0 saturated heterocycles. The number of fused-ring (bicyclic) bond motifs is 2. The third-order valence-corrected chi connectivity index (χ3v) is 6.86. The van der Waals surface area contributed by atoms with Crippen LogP contribution in [0.3, 0.4) is 0 Å². The standard InChI is InChI=1S/C23H24ClN3O2S/c24-17-6-7-20-18(13-17)16(14-26-20)9-11-25-22(28)10-12-30-21-8-5-15-3-1-2-4-19(15)27-23(21)29/h1-4,6-7,13-14,21,26H,5,8-12H2,(H,25,28)(H,27,29). The summed E-state index contributed by atoms with van der Waals surface area (Å²) < 4.78 is 0. The van der Waals surface area contributed by atoms with Gasteiger partial charge in [0.2, 0.25) is 11.8 Å². The Morgan fingerprint density at radius 3 is 3.00 bits per heavy atom. The summed E-state index contributed by atoms with van der Waals surface area (Å²) in [5.74, 6) is 0.671. The number of carbonyl (C=O) groups excluding carboxylic acids is 2. The molecule has 0 saturated carbocycles. The number of rotatable bonds is 7. The zero-order chi connectivity index (χ0) is 20.9. The molecule has 0 radical (unpaired) electrons. The van der Waals surface area contributed by atoms with Crippen molar-refractivity contribution in [3.05, 3.63) is 64.8 Å². The SMILES string of the molecule is O=C(CCSC1CCc2ccccc2NC1=O)NCCc1c[nH]c2ccc(Cl)cc12. The Hall–Kier alpha value is -2.44. The first-order chi connectivity index (χ1) is 14.6. The van der Waals surface area contributed by atoms with Gasteiger partial charge in [0.25, 0.3) is 0 Å². The van der Waals surface area contributed by atoms with Gasteiger partial charge in [-0.05, 0) is 54.7 Å². The first-order valence-electron chi connectivity index (χ1n) is 10.1. The molecule has 2 amide bonds. The van der Waals surface area contributed by atoms with Crippen LogP contribution in [0.5, 0.6) is 0 Å². The van der Waals surface area contributed by atoms with Gasteiger partial charge in [-0.2, -0.15) is 0 Å². The third kappa shape index (κ3) is 4.99. The topological polar surface area (TPSA) is 74.0 Å². The van der Waals surface area contributed by atoms with Crippen molar-refractivity contribution in [1.82, 2.24) is 10.3 Å². The molecule has 156 valence electrons. The van der Waals surface area contributed by atoms with E-state index in [-0.39, 0.29) is 17.1 Å². The summed E-state index contributed by atoms with van der Waals surface area (Å²) in [5, 5.41) is 7.65. The van der Waals surface area contributed by atoms with Gasteiger partial charge in [-0.1, -0.05) is 29.8 Å². The molecule has 0 aliphatic carbocycles. The Bertz CT molecular complexity index is 1070. The maximum atomic E-state index is 12.4. The van der Waals surface area contributed by atoms with Crippen molar-refractivity contribution in [2.45, 2.75) is 30.9 Å². The zero-order valence-electron chi connectivity index (χ0n) is 16.5. The van der Waals surface area contributed by atoms with E-state index in [0.29, 0.717) is 23.7 Å². The monoisotopic (exact) mass is 441 g/mol. The lowest BCUT2D eigenvalue weighted by Gasteiger charge is -2.12. The zero-order valence-corrected chi connectivity index (χ0v) is 18.1. The highest BCUT2D eigenvalue weighted by atomic mass is 35.5. The lowest BCUT2D eigenvalue weighted by molar-refractivity contribution is -0.120. The number of aromatic nitrogens is 1. The van der Waals surface area contributed by atoms with Crippen LogP contribution >= 0.6 is 23.4 Å². The molecule has 0 fully saturated rings. The van der Waals surface area contributed by atoms with Crippen LogP contribution < -0.4 is 10.6 Å². The van der Waals surface area contributed by atoms with Gasteiger partial charge in [0.1, 0.15) is 0 Å². The van der Waals surface area contributed by atoms with Gasteiger partial charge in [-0.15, -0.1) is 11.8 Å². The number of hydrogen-bond donors (Lipinski definition) is 3. The molecule has 4 rings (SSSR count). The van der Waals surface area contributed by atoms with E-state index in [1.165, 1.54) is 5.56 Å². The maximum Gasteiger partial charge on any atom is 0.237 e. The number of anilines is 1. The molecule has 2 aromatic carbocycles. The van der Waals surface area contributed by atoms with Gasteiger partial charge in [0.05, 0.1) is 5.25 Å². The molecule has 1 atom stereocenters. The number of amides is 2. The number of thioether (sulfide) groups is 1. The Morgan fingerprint density at radius 1 is 1.23 bits per heavy atom. The average Bonchev–Trinajstić information content (AvgIpc) is 3.05. The molecule has 7 heteroatoms. The summed E-state index contributed by atoms with van der Waals surface area (Å²) in [6.45, 7) is 0.572. The minimum atomic E-state index is -0.124. The van der Waals surface area contributed by atoms with Gasteiger partial charge >= 0.3 is 0 Å². The van der Waals surface area contributed by atoms with E-state index in [9.17, 15) is 9.59 Å². The third-order valence-electron chi connectivity index (χ3n) is 5.34. The molecule has 1 aliphatic heterocycles. The molecule has 1 aliphatic rings. The molecule has 2 heterocycles. The van der Waals surface area contributed by atoms with Crippen molar-refractivity contribution < 1.29 is 9.59 Å². The average molecular weight is 442 g/mol. The van der Waals surface area contributed by atoms with Crippen LogP contribution in [0.25, 0.3) is 10.9 Å². The summed E-state index contributed by atoms with van der Waals surface area (Å²) in [7, 11) is 0. The van der Waals surface area contributed by atoms with Crippen molar-refractivity contribution in [3.63, 3.8) is 0 Å². The summed E-state index contributed by atoms with van der Waals surface area (Å²) in [5.41, 5.74) is 4.25. The number of aryl methyl sites for hydroxylation is 1. The number of halogens is 1.